The van der Waals surface area contributed by atoms with Crippen LogP contribution in [0.3, 0.4) is 0 Å². The second kappa shape index (κ2) is 7.92. The number of nitrogens with zero attached hydrogens (tertiary/aromatic N) is 1. The number of anilines is 1. The molecule has 0 radical (unpaired) electrons. The van der Waals surface area contributed by atoms with Crippen LogP contribution in [-0.4, -0.2) is 24.3 Å². The average Bonchev–Trinajstić information content (AvgIpc) is 3.04. The minimum atomic E-state index is -0.511. The third-order valence-corrected chi connectivity index (χ3v) is 5.30. The lowest BCUT2D eigenvalue weighted by atomic mass is 10.1. The fourth-order valence-electron chi connectivity index (χ4n) is 3.04. The van der Waals surface area contributed by atoms with Crippen LogP contribution in [0.5, 0.6) is 0 Å². The largest absolute Gasteiger partial charge is 0.311 e. The van der Waals surface area contributed by atoms with Crippen molar-refractivity contribution in [3.63, 3.8) is 0 Å². The van der Waals surface area contributed by atoms with Gasteiger partial charge in [0.25, 0.3) is 5.91 Å². The van der Waals surface area contributed by atoms with Gasteiger partial charge in [-0.05, 0) is 55.3 Å². The van der Waals surface area contributed by atoms with Crippen LogP contribution in [-0.2, 0) is 9.59 Å². The van der Waals surface area contributed by atoms with Crippen LogP contribution in [0.1, 0.15) is 27.9 Å². The Hall–Kier alpha value is -2.67. The van der Waals surface area contributed by atoms with E-state index in [4.69, 9.17) is 0 Å². The summed E-state index contributed by atoms with van der Waals surface area (Å²) in [7, 11) is 0. The molecule has 0 spiro atoms. The summed E-state index contributed by atoms with van der Waals surface area (Å²) in [5, 5.41) is 0. The molecular weight excluding hydrogens is 410 g/mol. The van der Waals surface area contributed by atoms with Gasteiger partial charge in [0.15, 0.2) is 0 Å². The predicted octanol–water partition coefficient (Wildman–Crippen LogP) is 2.88. The summed E-state index contributed by atoms with van der Waals surface area (Å²) in [5.41, 5.74) is 8.20. The maximum atomic E-state index is 12.4. The standard InChI is InChI=1S/C20H20BrN3O3/c1-12-4-3-5-17(13(12)2)24-11-15(10-18(24)25)20(27)23-22-19(26)14-6-8-16(21)9-7-14/h3-9,15H,10-11H2,1-2H3,(H,22,26)(H,23,27)/t15-/m0/s1. The van der Waals surface area contributed by atoms with Crippen molar-refractivity contribution < 1.29 is 14.4 Å². The number of hydrogen-bond donors (Lipinski definition) is 2. The zero-order chi connectivity index (χ0) is 19.6. The Bertz CT molecular complexity index is 896. The van der Waals surface area contributed by atoms with Crippen LogP contribution < -0.4 is 15.8 Å². The van der Waals surface area contributed by atoms with Crippen molar-refractivity contribution in [2.24, 2.45) is 5.92 Å². The molecule has 1 fully saturated rings. The van der Waals surface area contributed by atoms with Crippen molar-refractivity contribution >= 4 is 39.3 Å². The lowest BCUT2D eigenvalue weighted by Gasteiger charge is -2.20. The van der Waals surface area contributed by atoms with Gasteiger partial charge in [-0.2, -0.15) is 0 Å². The molecule has 7 heteroatoms. The molecule has 1 aliphatic heterocycles. The second-order valence-corrected chi connectivity index (χ2v) is 7.49. The molecule has 27 heavy (non-hydrogen) atoms. The van der Waals surface area contributed by atoms with Gasteiger partial charge in [-0.1, -0.05) is 28.1 Å². The van der Waals surface area contributed by atoms with E-state index in [9.17, 15) is 14.4 Å². The van der Waals surface area contributed by atoms with Gasteiger partial charge < -0.3 is 4.90 Å². The highest BCUT2D eigenvalue weighted by molar-refractivity contribution is 9.10. The van der Waals surface area contributed by atoms with E-state index in [1.807, 2.05) is 32.0 Å². The van der Waals surface area contributed by atoms with Crippen molar-refractivity contribution in [1.29, 1.82) is 0 Å². The molecule has 140 valence electrons. The molecule has 0 aromatic heterocycles. The molecule has 0 aliphatic carbocycles. The molecule has 3 amide bonds. The number of halogens is 1. The van der Waals surface area contributed by atoms with Crippen LogP contribution in [0.15, 0.2) is 46.9 Å². The first kappa shape index (κ1) is 19.1. The third-order valence-electron chi connectivity index (χ3n) is 4.77. The summed E-state index contributed by atoms with van der Waals surface area (Å²) in [6.45, 7) is 4.24. The Kier molecular flexibility index (Phi) is 5.60. The molecule has 1 heterocycles. The first-order valence-corrected chi connectivity index (χ1v) is 9.38. The minimum Gasteiger partial charge on any atom is -0.311 e. The number of hydrogen-bond acceptors (Lipinski definition) is 3. The van der Waals surface area contributed by atoms with Gasteiger partial charge in [0.05, 0.1) is 5.92 Å². The molecule has 2 aromatic carbocycles. The van der Waals surface area contributed by atoms with Crippen LogP contribution in [0.4, 0.5) is 5.69 Å². The Balaban J connectivity index is 1.61. The first-order valence-electron chi connectivity index (χ1n) is 8.59. The van der Waals surface area contributed by atoms with Crippen molar-refractivity contribution in [2.75, 3.05) is 11.4 Å². The summed E-state index contributed by atoms with van der Waals surface area (Å²) in [6.07, 6.45) is 0.118. The van der Waals surface area contributed by atoms with E-state index in [-0.39, 0.29) is 18.2 Å². The summed E-state index contributed by atoms with van der Waals surface area (Å²) >= 11 is 3.30. The van der Waals surface area contributed by atoms with Gasteiger partial charge in [0, 0.05) is 28.7 Å². The Morgan fingerprint density at radius 2 is 1.78 bits per heavy atom. The molecule has 1 saturated heterocycles. The third kappa shape index (κ3) is 4.19. The lowest BCUT2D eigenvalue weighted by molar-refractivity contribution is -0.126. The Morgan fingerprint density at radius 1 is 1.07 bits per heavy atom. The number of hydrazine groups is 1. The highest BCUT2D eigenvalue weighted by atomic mass is 79.9. The van der Waals surface area contributed by atoms with Gasteiger partial charge >= 0.3 is 0 Å². The van der Waals surface area contributed by atoms with E-state index in [0.29, 0.717) is 12.1 Å². The van der Waals surface area contributed by atoms with Crippen LogP contribution >= 0.6 is 15.9 Å². The SMILES string of the molecule is Cc1cccc(N2C[C@@H](C(=O)NNC(=O)c3ccc(Br)cc3)CC2=O)c1C. The van der Waals surface area contributed by atoms with E-state index < -0.39 is 11.8 Å². The maximum Gasteiger partial charge on any atom is 0.269 e. The molecule has 2 N–H and O–H groups in total. The summed E-state index contributed by atoms with van der Waals surface area (Å²) in [5.74, 6) is -1.39. The van der Waals surface area contributed by atoms with Crippen molar-refractivity contribution in [3.05, 3.63) is 63.6 Å². The summed E-state index contributed by atoms with van der Waals surface area (Å²) in [6, 6.07) is 12.6. The number of benzene rings is 2. The summed E-state index contributed by atoms with van der Waals surface area (Å²) < 4.78 is 0.860. The number of nitrogens with one attached hydrogen (secondary N) is 2. The highest BCUT2D eigenvalue weighted by Crippen LogP contribution is 2.29. The number of rotatable bonds is 3. The van der Waals surface area contributed by atoms with Gasteiger partial charge in [-0.15, -0.1) is 0 Å². The second-order valence-electron chi connectivity index (χ2n) is 6.57. The van der Waals surface area contributed by atoms with Crippen LogP contribution in [0.25, 0.3) is 0 Å². The van der Waals surface area contributed by atoms with E-state index in [1.54, 1.807) is 29.2 Å². The fourth-order valence-corrected chi connectivity index (χ4v) is 3.30. The lowest BCUT2D eigenvalue weighted by Crippen LogP contribution is -2.45. The van der Waals surface area contributed by atoms with Gasteiger partial charge in [0.2, 0.25) is 11.8 Å². The monoisotopic (exact) mass is 429 g/mol. The zero-order valence-corrected chi connectivity index (χ0v) is 16.7. The number of carbonyl (C=O) groups is 3. The minimum absolute atomic E-state index is 0.0944. The number of aryl methyl sites for hydroxylation is 1. The molecule has 0 bridgehead atoms. The zero-order valence-electron chi connectivity index (χ0n) is 15.1. The molecule has 2 aromatic rings. The topological polar surface area (TPSA) is 78.5 Å². The van der Waals surface area contributed by atoms with Crippen molar-refractivity contribution in [2.45, 2.75) is 20.3 Å². The Labute approximate surface area is 166 Å². The van der Waals surface area contributed by atoms with Crippen molar-refractivity contribution in [3.8, 4) is 0 Å². The number of carbonyl (C=O) groups excluding carboxylic acids is 3. The maximum absolute atomic E-state index is 12.4. The summed E-state index contributed by atoms with van der Waals surface area (Å²) in [4.78, 5) is 38.5. The molecule has 1 aliphatic rings. The molecule has 0 saturated carbocycles. The molecule has 6 nitrogen and oxygen atoms in total. The van der Waals surface area contributed by atoms with E-state index >= 15 is 0 Å². The fraction of sp³-hybridized carbons (Fsp3) is 0.250. The average molecular weight is 430 g/mol. The quantitative estimate of drug-likeness (QED) is 0.736. The molecule has 0 unspecified atom stereocenters. The molecular formula is C20H20BrN3O3. The van der Waals surface area contributed by atoms with Crippen LogP contribution in [0.2, 0.25) is 0 Å². The molecule has 1 atom stereocenters. The van der Waals surface area contributed by atoms with E-state index in [0.717, 1.165) is 21.3 Å². The van der Waals surface area contributed by atoms with E-state index in [2.05, 4.69) is 26.8 Å². The Morgan fingerprint density at radius 3 is 2.48 bits per heavy atom. The smallest absolute Gasteiger partial charge is 0.269 e. The van der Waals surface area contributed by atoms with Gasteiger partial charge in [-0.25, -0.2) is 0 Å². The normalized spacial score (nSPS) is 16.3. The predicted molar refractivity (Wildman–Crippen MR) is 106 cm³/mol. The number of amides is 3. The van der Waals surface area contributed by atoms with Crippen LogP contribution in [0, 0.1) is 19.8 Å². The van der Waals surface area contributed by atoms with Gasteiger partial charge in [-0.3, -0.25) is 25.2 Å². The highest BCUT2D eigenvalue weighted by Gasteiger charge is 2.36. The first-order chi connectivity index (χ1) is 12.9. The van der Waals surface area contributed by atoms with E-state index in [1.165, 1.54) is 0 Å². The van der Waals surface area contributed by atoms with Gasteiger partial charge in [0.1, 0.15) is 0 Å². The van der Waals surface area contributed by atoms with Crippen molar-refractivity contribution in [1.82, 2.24) is 10.9 Å². The molecule has 3 rings (SSSR count).